The van der Waals surface area contributed by atoms with Crippen molar-refractivity contribution in [1.29, 1.82) is 0 Å². The number of carbonyl (C=O) groups excluding carboxylic acids is 1. The zero-order valence-electron chi connectivity index (χ0n) is 14.4. The van der Waals surface area contributed by atoms with E-state index in [-0.39, 0.29) is 25.0 Å². The normalized spacial score (nSPS) is 20.3. The fourth-order valence-electron chi connectivity index (χ4n) is 3.20. The topological polar surface area (TPSA) is 93.9 Å². The van der Waals surface area contributed by atoms with Gasteiger partial charge in [-0.2, -0.15) is 5.10 Å². The summed E-state index contributed by atoms with van der Waals surface area (Å²) in [6.45, 7) is 3.02. The third-order valence-corrected chi connectivity index (χ3v) is 4.60. The van der Waals surface area contributed by atoms with Crippen LogP contribution in [0, 0.1) is 0 Å². The lowest BCUT2D eigenvalue weighted by molar-refractivity contribution is -0.140. The molecule has 0 bridgehead atoms. The van der Waals surface area contributed by atoms with Crippen LogP contribution < -0.4 is 0 Å². The molecule has 1 aromatic rings. The van der Waals surface area contributed by atoms with Crippen molar-refractivity contribution in [3.8, 4) is 0 Å². The zero-order chi connectivity index (χ0) is 17.6. The standard InChI is InChI=1S/C17H25N3O5/c21-16(12-24-11-15-3-1-2-8-25-15)19-6-7-20-14(10-19)9-13(18-20)4-5-17(22)23/h9,15H,1-8,10-12H2,(H,22,23)/t15-/m0/s1. The Bertz CT molecular complexity index is 609. The van der Waals surface area contributed by atoms with Crippen LogP contribution >= 0.6 is 0 Å². The van der Waals surface area contributed by atoms with E-state index in [0.29, 0.717) is 32.7 Å². The lowest BCUT2D eigenvalue weighted by Gasteiger charge is -2.28. The number of aliphatic carboxylic acids is 1. The maximum absolute atomic E-state index is 12.3. The van der Waals surface area contributed by atoms with Crippen LogP contribution in [0.25, 0.3) is 0 Å². The first-order valence-electron chi connectivity index (χ1n) is 8.86. The van der Waals surface area contributed by atoms with Crippen molar-refractivity contribution in [1.82, 2.24) is 14.7 Å². The number of hydrogen-bond donors (Lipinski definition) is 1. The Labute approximate surface area is 146 Å². The minimum atomic E-state index is -0.832. The first kappa shape index (κ1) is 17.9. The van der Waals surface area contributed by atoms with Crippen molar-refractivity contribution in [2.45, 2.75) is 51.3 Å². The van der Waals surface area contributed by atoms with Gasteiger partial charge in [0.25, 0.3) is 0 Å². The van der Waals surface area contributed by atoms with E-state index in [1.54, 1.807) is 4.90 Å². The second kappa shape index (κ2) is 8.44. The summed E-state index contributed by atoms with van der Waals surface area (Å²) in [6.07, 6.45) is 3.84. The molecule has 2 aliphatic rings. The summed E-state index contributed by atoms with van der Waals surface area (Å²) < 4.78 is 13.0. The summed E-state index contributed by atoms with van der Waals surface area (Å²) in [7, 11) is 0. The van der Waals surface area contributed by atoms with Gasteiger partial charge in [0.2, 0.25) is 5.91 Å². The second-order valence-electron chi connectivity index (χ2n) is 6.56. The van der Waals surface area contributed by atoms with Crippen LogP contribution in [0.5, 0.6) is 0 Å². The minimum Gasteiger partial charge on any atom is -0.481 e. The molecule has 0 unspecified atom stereocenters. The van der Waals surface area contributed by atoms with E-state index < -0.39 is 5.97 Å². The van der Waals surface area contributed by atoms with Crippen LogP contribution in [0.15, 0.2) is 6.07 Å². The second-order valence-corrected chi connectivity index (χ2v) is 6.56. The molecule has 138 valence electrons. The third-order valence-electron chi connectivity index (χ3n) is 4.60. The predicted octanol–water partition coefficient (Wildman–Crippen LogP) is 0.828. The molecule has 2 aliphatic heterocycles. The van der Waals surface area contributed by atoms with Crippen LogP contribution in [-0.4, -0.2) is 64.1 Å². The highest BCUT2D eigenvalue weighted by atomic mass is 16.5. The number of nitrogens with zero attached hydrogens (tertiary/aromatic N) is 3. The Morgan fingerprint density at radius 3 is 3.00 bits per heavy atom. The number of carbonyl (C=O) groups is 2. The summed E-state index contributed by atoms with van der Waals surface area (Å²) in [6, 6.07) is 1.89. The zero-order valence-corrected chi connectivity index (χ0v) is 14.4. The molecule has 0 saturated carbocycles. The molecule has 8 heteroatoms. The molecule has 1 atom stereocenters. The molecule has 1 N–H and O–H groups in total. The van der Waals surface area contributed by atoms with E-state index in [4.69, 9.17) is 14.6 Å². The van der Waals surface area contributed by atoms with Gasteiger partial charge in [-0.15, -0.1) is 0 Å². The van der Waals surface area contributed by atoms with E-state index in [2.05, 4.69) is 5.10 Å². The third kappa shape index (κ3) is 5.02. The highest BCUT2D eigenvalue weighted by molar-refractivity contribution is 5.77. The van der Waals surface area contributed by atoms with Crippen molar-refractivity contribution in [2.24, 2.45) is 0 Å². The highest BCUT2D eigenvalue weighted by Gasteiger charge is 2.23. The number of ether oxygens (including phenoxy) is 2. The molecular formula is C17H25N3O5. The molecule has 3 rings (SSSR count). The summed E-state index contributed by atoms with van der Waals surface area (Å²) in [4.78, 5) is 24.7. The maximum Gasteiger partial charge on any atom is 0.303 e. The van der Waals surface area contributed by atoms with Crippen LogP contribution in [0.1, 0.15) is 37.1 Å². The van der Waals surface area contributed by atoms with Crippen LogP contribution in [-0.2, 0) is 38.6 Å². The van der Waals surface area contributed by atoms with E-state index in [1.165, 1.54) is 0 Å². The average molecular weight is 351 g/mol. The predicted molar refractivity (Wildman–Crippen MR) is 88.0 cm³/mol. The first-order valence-corrected chi connectivity index (χ1v) is 8.86. The largest absolute Gasteiger partial charge is 0.481 e. The quantitative estimate of drug-likeness (QED) is 0.782. The molecule has 8 nitrogen and oxygen atoms in total. The molecule has 0 radical (unpaired) electrons. The van der Waals surface area contributed by atoms with Gasteiger partial charge in [0.15, 0.2) is 0 Å². The van der Waals surface area contributed by atoms with Gasteiger partial charge in [-0.1, -0.05) is 0 Å². The molecule has 1 amide bonds. The number of amides is 1. The van der Waals surface area contributed by atoms with Gasteiger partial charge in [-0.25, -0.2) is 0 Å². The number of rotatable bonds is 7. The molecule has 1 aromatic heterocycles. The van der Waals surface area contributed by atoms with Gasteiger partial charge in [0.1, 0.15) is 6.61 Å². The summed E-state index contributed by atoms with van der Waals surface area (Å²) >= 11 is 0. The molecule has 1 saturated heterocycles. The van der Waals surface area contributed by atoms with Gasteiger partial charge in [-0.3, -0.25) is 14.3 Å². The lowest BCUT2D eigenvalue weighted by Crippen LogP contribution is -2.40. The average Bonchev–Trinajstić information content (AvgIpc) is 3.03. The Morgan fingerprint density at radius 2 is 2.24 bits per heavy atom. The SMILES string of the molecule is O=C(O)CCc1cc2n(n1)CCN(C(=O)COC[C@@H]1CCCCO1)C2. The Kier molecular flexibility index (Phi) is 6.04. The fourth-order valence-corrected chi connectivity index (χ4v) is 3.20. The summed E-state index contributed by atoms with van der Waals surface area (Å²) in [5, 5.41) is 13.2. The number of fused-ring (bicyclic) bond motifs is 1. The molecule has 1 fully saturated rings. The number of aryl methyl sites for hydroxylation is 1. The number of hydrogen-bond acceptors (Lipinski definition) is 5. The summed E-state index contributed by atoms with van der Waals surface area (Å²) in [5.41, 5.74) is 1.70. The van der Waals surface area contributed by atoms with Crippen LogP contribution in [0.4, 0.5) is 0 Å². The minimum absolute atomic E-state index is 0.0321. The number of carboxylic acids is 1. The molecular weight excluding hydrogens is 326 g/mol. The summed E-state index contributed by atoms with van der Waals surface area (Å²) in [5.74, 6) is -0.864. The van der Waals surface area contributed by atoms with Crippen molar-refractivity contribution in [3.63, 3.8) is 0 Å². The monoisotopic (exact) mass is 351 g/mol. The van der Waals surface area contributed by atoms with Crippen molar-refractivity contribution >= 4 is 11.9 Å². The van der Waals surface area contributed by atoms with Gasteiger partial charge < -0.3 is 19.5 Å². The smallest absolute Gasteiger partial charge is 0.303 e. The van der Waals surface area contributed by atoms with Gasteiger partial charge in [0, 0.05) is 19.6 Å². The molecule has 0 spiro atoms. The lowest BCUT2D eigenvalue weighted by atomic mass is 10.1. The first-order chi connectivity index (χ1) is 12.1. The van der Waals surface area contributed by atoms with Crippen LogP contribution in [0.3, 0.4) is 0 Å². The molecule has 25 heavy (non-hydrogen) atoms. The maximum atomic E-state index is 12.3. The van der Waals surface area contributed by atoms with Gasteiger partial charge in [-0.05, 0) is 25.3 Å². The van der Waals surface area contributed by atoms with E-state index in [9.17, 15) is 9.59 Å². The van der Waals surface area contributed by atoms with E-state index >= 15 is 0 Å². The Morgan fingerprint density at radius 1 is 1.36 bits per heavy atom. The highest BCUT2D eigenvalue weighted by Crippen LogP contribution is 2.16. The van der Waals surface area contributed by atoms with E-state index in [1.807, 2.05) is 10.7 Å². The van der Waals surface area contributed by atoms with Crippen molar-refractivity contribution in [3.05, 3.63) is 17.5 Å². The number of aromatic nitrogens is 2. The molecule has 0 aliphatic carbocycles. The fraction of sp³-hybridized carbons (Fsp3) is 0.706. The molecule has 0 aromatic carbocycles. The van der Waals surface area contributed by atoms with Crippen molar-refractivity contribution < 1.29 is 24.2 Å². The van der Waals surface area contributed by atoms with Gasteiger partial charge in [0.05, 0.1) is 43.6 Å². The number of carboxylic acid groups (broad SMARTS) is 1. The Hall–Kier alpha value is -1.93. The van der Waals surface area contributed by atoms with Crippen molar-refractivity contribution in [2.75, 3.05) is 26.4 Å². The molecule has 3 heterocycles. The van der Waals surface area contributed by atoms with Gasteiger partial charge >= 0.3 is 5.97 Å². The Balaban J connectivity index is 1.44. The van der Waals surface area contributed by atoms with Crippen LogP contribution in [0.2, 0.25) is 0 Å². The van der Waals surface area contributed by atoms with E-state index in [0.717, 1.165) is 37.3 Å².